The van der Waals surface area contributed by atoms with Crippen molar-refractivity contribution in [3.63, 3.8) is 0 Å². The molecule has 0 radical (unpaired) electrons. The maximum atomic E-state index is 13.2. The first kappa shape index (κ1) is 17.9. The smallest absolute Gasteiger partial charge is 0.275 e. The molecule has 1 unspecified atom stereocenters. The number of carbonyl (C=O) groups excluding carboxylic acids is 1. The van der Waals surface area contributed by atoms with Crippen LogP contribution >= 0.6 is 0 Å². The van der Waals surface area contributed by atoms with Gasteiger partial charge in [0.1, 0.15) is 5.82 Å². The van der Waals surface area contributed by atoms with Crippen molar-refractivity contribution in [1.82, 2.24) is 15.1 Å². The van der Waals surface area contributed by atoms with Crippen LogP contribution in [0.25, 0.3) is 5.69 Å². The fourth-order valence-electron chi connectivity index (χ4n) is 2.11. The van der Waals surface area contributed by atoms with Crippen molar-refractivity contribution in [2.75, 3.05) is 6.54 Å². The number of nitrogens with zero attached hydrogens (tertiary/aromatic N) is 2. The lowest BCUT2D eigenvalue weighted by atomic mass is 9.89. The van der Waals surface area contributed by atoms with Crippen LogP contribution in [0.3, 0.4) is 0 Å². The van der Waals surface area contributed by atoms with Crippen molar-refractivity contribution >= 4 is 5.91 Å². The molecule has 2 aromatic rings. The van der Waals surface area contributed by atoms with E-state index < -0.39 is 12.0 Å². The average Bonchev–Trinajstić information content (AvgIpc) is 2.85. The highest BCUT2D eigenvalue weighted by Gasteiger charge is 2.24. The lowest BCUT2D eigenvalue weighted by molar-refractivity contribution is 0.0584. The van der Waals surface area contributed by atoms with Crippen LogP contribution in [-0.2, 0) is 0 Å². The number of nitrogens with one attached hydrogen (secondary N) is 1. The minimum absolute atomic E-state index is 0.0458. The molecule has 6 nitrogen and oxygen atoms in total. The summed E-state index contributed by atoms with van der Waals surface area (Å²) in [5.74, 6) is -1.25. The molecule has 1 aromatic carbocycles. The summed E-state index contributed by atoms with van der Waals surface area (Å²) in [7, 11) is 0. The third-order valence-corrected chi connectivity index (χ3v) is 3.77. The molecule has 0 bridgehead atoms. The van der Waals surface area contributed by atoms with E-state index in [2.05, 4.69) is 10.4 Å². The lowest BCUT2D eigenvalue weighted by Gasteiger charge is -2.25. The molecule has 130 valence electrons. The molecule has 1 heterocycles. The normalized spacial score (nSPS) is 12.9. The summed E-state index contributed by atoms with van der Waals surface area (Å²) in [6, 6.07) is 4.14. The summed E-state index contributed by atoms with van der Waals surface area (Å²) in [5, 5.41) is 26.5. The van der Waals surface area contributed by atoms with Crippen molar-refractivity contribution in [3.05, 3.63) is 41.5 Å². The highest BCUT2D eigenvalue weighted by Crippen LogP contribution is 2.22. The van der Waals surface area contributed by atoms with Gasteiger partial charge in [0, 0.05) is 6.54 Å². The second kappa shape index (κ2) is 6.60. The zero-order valence-corrected chi connectivity index (χ0v) is 14.2. The minimum atomic E-state index is -0.731. The van der Waals surface area contributed by atoms with E-state index in [0.29, 0.717) is 11.3 Å². The Bertz CT molecular complexity index is 750. The molecule has 0 saturated heterocycles. The van der Waals surface area contributed by atoms with Crippen LogP contribution < -0.4 is 5.32 Å². The number of aromatic nitrogens is 2. The van der Waals surface area contributed by atoms with Gasteiger partial charge >= 0.3 is 0 Å². The molecule has 24 heavy (non-hydrogen) atoms. The quantitative estimate of drug-likeness (QED) is 0.799. The molecule has 0 aliphatic carbocycles. The number of carbonyl (C=O) groups is 1. The SMILES string of the molecule is Cc1cc(F)ccc1-n1cc(O)c(C(=O)NCC(O)C(C)(C)C)n1. The number of aromatic hydroxyl groups is 1. The molecule has 0 spiro atoms. The Hall–Kier alpha value is -2.41. The van der Waals surface area contributed by atoms with Gasteiger partial charge in [-0.3, -0.25) is 4.79 Å². The zero-order chi connectivity index (χ0) is 18.1. The highest BCUT2D eigenvalue weighted by molar-refractivity contribution is 5.94. The number of aliphatic hydroxyl groups is 1. The molecule has 1 aromatic heterocycles. The van der Waals surface area contributed by atoms with Crippen molar-refractivity contribution in [2.24, 2.45) is 5.41 Å². The monoisotopic (exact) mass is 335 g/mol. The van der Waals surface area contributed by atoms with E-state index in [1.54, 1.807) is 6.92 Å². The standard InChI is InChI=1S/C17H22FN3O3/c1-10-7-11(18)5-6-12(10)21-9-13(22)15(20-21)16(24)19-8-14(23)17(2,3)4/h5-7,9,14,22-23H,8H2,1-4H3,(H,19,24). The van der Waals surface area contributed by atoms with Gasteiger partial charge in [-0.1, -0.05) is 20.8 Å². The van der Waals surface area contributed by atoms with Gasteiger partial charge in [0.05, 0.1) is 18.0 Å². The molecule has 1 amide bonds. The van der Waals surface area contributed by atoms with Crippen LogP contribution in [0.5, 0.6) is 5.75 Å². The first-order valence-corrected chi connectivity index (χ1v) is 7.61. The van der Waals surface area contributed by atoms with Crippen LogP contribution in [0.15, 0.2) is 24.4 Å². The van der Waals surface area contributed by atoms with E-state index in [1.165, 1.54) is 29.1 Å². The molecular formula is C17H22FN3O3. The molecule has 3 N–H and O–H groups in total. The molecule has 0 fully saturated rings. The highest BCUT2D eigenvalue weighted by atomic mass is 19.1. The lowest BCUT2D eigenvalue weighted by Crippen LogP contribution is -2.39. The van der Waals surface area contributed by atoms with Crippen LogP contribution in [-0.4, -0.2) is 38.5 Å². The molecule has 0 aliphatic rings. The van der Waals surface area contributed by atoms with Crippen molar-refractivity contribution in [1.29, 1.82) is 0 Å². The largest absolute Gasteiger partial charge is 0.504 e. The Labute approximate surface area is 139 Å². The van der Waals surface area contributed by atoms with Crippen molar-refractivity contribution in [2.45, 2.75) is 33.8 Å². The Morgan fingerprint density at radius 2 is 2.08 bits per heavy atom. The summed E-state index contributed by atoms with van der Waals surface area (Å²) in [5.41, 5.74) is 0.646. The first-order valence-electron chi connectivity index (χ1n) is 7.61. The van der Waals surface area contributed by atoms with E-state index in [0.717, 1.165) is 0 Å². The van der Waals surface area contributed by atoms with Gasteiger partial charge in [-0.2, -0.15) is 5.10 Å². The summed E-state index contributed by atoms with van der Waals surface area (Å²) >= 11 is 0. The number of aliphatic hydroxyl groups excluding tert-OH is 1. The fraction of sp³-hybridized carbons (Fsp3) is 0.412. The number of halogens is 1. The Morgan fingerprint density at radius 1 is 1.42 bits per heavy atom. The summed E-state index contributed by atoms with van der Waals surface area (Å²) in [6.07, 6.45) is 0.556. The molecule has 2 rings (SSSR count). The van der Waals surface area contributed by atoms with Gasteiger partial charge in [-0.15, -0.1) is 0 Å². The topological polar surface area (TPSA) is 87.4 Å². The fourth-order valence-corrected chi connectivity index (χ4v) is 2.11. The van der Waals surface area contributed by atoms with Gasteiger partial charge in [-0.25, -0.2) is 9.07 Å². The number of hydrogen-bond donors (Lipinski definition) is 3. The maximum Gasteiger partial charge on any atom is 0.275 e. The molecule has 1 atom stereocenters. The number of rotatable bonds is 4. The van der Waals surface area contributed by atoms with E-state index >= 15 is 0 Å². The van der Waals surface area contributed by atoms with Crippen LogP contribution in [0, 0.1) is 18.2 Å². The second-order valence-corrected chi connectivity index (χ2v) is 6.83. The minimum Gasteiger partial charge on any atom is -0.504 e. The van der Waals surface area contributed by atoms with Crippen LogP contribution in [0.1, 0.15) is 36.8 Å². The molecule has 0 saturated carbocycles. The Kier molecular flexibility index (Phi) is 4.94. The molecule has 7 heteroatoms. The van der Waals surface area contributed by atoms with Gasteiger partial charge < -0.3 is 15.5 Å². The van der Waals surface area contributed by atoms with Gasteiger partial charge in [0.2, 0.25) is 0 Å². The molecule has 0 aliphatic heterocycles. The van der Waals surface area contributed by atoms with Crippen LogP contribution in [0.2, 0.25) is 0 Å². The van der Waals surface area contributed by atoms with Gasteiger partial charge in [0.25, 0.3) is 5.91 Å². The van der Waals surface area contributed by atoms with Gasteiger partial charge in [-0.05, 0) is 36.1 Å². The number of aryl methyl sites for hydroxylation is 1. The number of benzene rings is 1. The van der Waals surface area contributed by atoms with Gasteiger partial charge in [0.15, 0.2) is 11.4 Å². The maximum absolute atomic E-state index is 13.2. The predicted octanol–water partition coefficient (Wildman–Crippen LogP) is 2.16. The third kappa shape index (κ3) is 3.91. The first-order chi connectivity index (χ1) is 11.1. The second-order valence-electron chi connectivity index (χ2n) is 6.83. The Morgan fingerprint density at radius 3 is 2.67 bits per heavy atom. The van der Waals surface area contributed by atoms with E-state index in [1.807, 2.05) is 20.8 Å². The third-order valence-electron chi connectivity index (χ3n) is 3.77. The van der Waals surface area contributed by atoms with E-state index in [4.69, 9.17) is 0 Å². The van der Waals surface area contributed by atoms with Crippen molar-refractivity contribution < 1.29 is 19.4 Å². The van der Waals surface area contributed by atoms with Crippen LogP contribution in [0.4, 0.5) is 4.39 Å². The Balaban J connectivity index is 2.18. The summed E-state index contributed by atoms with van der Waals surface area (Å²) in [6.45, 7) is 7.31. The summed E-state index contributed by atoms with van der Waals surface area (Å²) in [4.78, 5) is 12.2. The zero-order valence-electron chi connectivity index (χ0n) is 14.2. The summed E-state index contributed by atoms with van der Waals surface area (Å²) < 4.78 is 14.5. The number of amides is 1. The average molecular weight is 335 g/mol. The van der Waals surface area contributed by atoms with E-state index in [9.17, 15) is 19.4 Å². The predicted molar refractivity (Wildman–Crippen MR) is 87.7 cm³/mol. The molecular weight excluding hydrogens is 313 g/mol. The van der Waals surface area contributed by atoms with E-state index in [-0.39, 0.29) is 29.2 Å². The van der Waals surface area contributed by atoms with Crippen molar-refractivity contribution in [3.8, 4) is 11.4 Å². The number of hydrogen-bond acceptors (Lipinski definition) is 4.